The van der Waals surface area contributed by atoms with Crippen LogP contribution in [0.5, 0.6) is 0 Å². The van der Waals surface area contributed by atoms with Crippen molar-refractivity contribution in [2.45, 2.75) is 77.6 Å². The van der Waals surface area contributed by atoms with Crippen molar-refractivity contribution in [3.05, 3.63) is 11.6 Å². The van der Waals surface area contributed by atoms with E-state index in [2.05, 4.69) is 26.8 Å². The smallest absolute Gasteiger partial charge is 0.0757 e. The summed E-state index contributed by atoms with van der Waals surface area (Å²) in [5.74, 6) is 1.38. The predicted molar refractivity (Wildman–Crippen MR) is 89.7 cm³/mol. The molecule has 0 radical (unpaired) electrons. The van der Waals surface area contributed by atoms with Crippen LogP contribution in [0.3, 0.4) is 0 Å². The molecule has 3 nitrogen and oxygen atoms in total. The molecule has 0 aromatic heterocycles. The fourth-order valence-electron chi connectivity index (χ4n) is 7.03. The van der Waals surface area contributed by atoms with Gasteiger partial charge in [-0.1, -0.05) is 32.4 Å². The lowest BCUT2D eigenvalue weighted by molar-refractivity contribution is -0.132. The van der Waals surface area contributed by atoms with E-state index < -0.39 is 6.10 Å². The summed E-state index contributed by atoms with van der Waals surface area (Å²) >= 11 is 0. The summed E-state index contributed by atoms with van der Waals surface area (Å²) in [6.45, 7) is 6.71. The third kappa shape index (κ3) is 1.93. The van der Waals surface area contributed by atoms with E-state index in [4.69, 9.17) is 0 Å². The second-order valence-electron chi connectivity index (χ2n) is 9.32. The maximum Gasteiger partial charge on any atom is 0.0757 e. The normalized spacial score (nSPS) is 58.9. The molecule has 130 valence electrons. The molecule has 3 N–H and O–H groups in total. The van der Waals surface area contributed by atoms with Gasteiger partial charge in [-0.25, -0.2) is 0 Å². The van der Waals surface area contributed by atoms with Crippen LogP contribution >= 0.6 is 0 Å². The van der Waals surface area contributed by atoms with Gasteiger partial charge < -0.3 is 15.3 Å². The van der Waals surface area contributed by atoms with Crippen molar-refractivity contribution >= 4 is 0 Å². The molecule has 9 atom stereocenters. The predicted octanol–water partition coefficient (Wildman–Crippen LogP) is 2.89. The minimum absolute atomic E-state index is 0.0465. The SMILES string of the molecule is CC1CCC(O)[C@@]2(C)C1=CC(O)[C@@H]1[C@H]2CC[C@]2(C)C(O)CC[C@@H]12. The molecule has 4 aliphatic carbocycles. The van der Waals surface area contributed by atoms with E-state index in [1.165, 1.54) is 5.57 Å². The van der Waals surface area contributed by atoms with Crippen LogP contribution in [0.25, 0.3) is 0 Å². The largest absolute Gasteiger partial charge is 0.393 e. The topological polar surface area (TPSA) is 60.7 Å². The highest BCUT2D eigenvalue weighted by Crippen LogP contribution is 2.65. The minimum atomic E-state index is -0.411. The van der Waals surface area contributed by atoms with Gasteiger partial charge in [0.15, 0.2) is 0 Å². The fraction of sp³-hybridized carbons (Fsp3) is 0.900. The highest BCUT2D eigenvalue weighted by Gasteiger charge is 2.62. The highest BCUT2D eigenvalue weighted by atomic mass is 16.3. The number of hydrogen-bond donors (Lipinski definition) is 3. The molecule has 0 saturated heterocycles. The Labute approximate surface area is 139 Å². The molecule has 3 fully saturated rings. The van der Waals surface area contributed by atoms with Gasteiger partial charge in [0.1, 0.15) is 0 Å². The standard InChI is InChI=1S/C20H32O3/c1-11-4-6-17(23)20(3)13-8-9-19(2)12(5-7-16(19)22)18(13)15(21)10-14(11)20/h10-13,15-18,21-23H,4-9H2,1-3H3/t11?,12-,13+,15?,16?,17?,18-,19-,20+/m0/s1. The lowest BCUT2D eigenvalue weighted by Gasteiger charge is -2.60. The van der Waals surface area contributed by atoms with Crippen LogP contribution in [0.2, 0.25) is 0 Å². The Balaban J connectivity index is 1.79. The maximum atomic E-state index is 11.0. The summed E-state index contributed by atoms with van der Waals surface area (Å²) in [6, 6.07) is 0. The van der Waals surface area contributed by atoms with Gasteiger partial charge in [-0.15, -0.1) is 0 Å². The summed E-state index contributed by atoms with van der Waals surface area (Å²) in [7, 11) is 0. The Bertz CT molecular complexity index is 529. The summed E-state index contributed by atoms with van der Waals surface area (Å²) in [4.78, 5) is 0. The Morgan fingerprint density at radius 1 is 0.913 bits per heavy atom. The van der Waals surface area contributed by atoms with Crippen molar-refractivity contribution in [3.8, 4) is 0 Å². The first-order valence-corrected chi connectivity index (χ1v) is 9.56. The molecule has 0 spiro atoms. The van der Waals surface area contributed by atoms with Crippen molar-refractivity contribution < 1.29 is 15.3 Å². The third-order valence-corrected chi connectivity index (χ3v) is 8.52. The van der Waals surface area contributed by atoms with Crippen LogP contribution in [0.15, 0.2) is 11.6 Å². The van der Waals surface area contributed by atoms with Crippen LogP contribution in [-0.2, 0) is 0 Å². The molecule has 0 aromatic carbocycles. The third-order valence-electron chi connectivity index (χ3n) is 8.52. The van der Waals surface area contributed by atoms with Crippen LogP contribution < -0.4 is 0 Å². The minimum Gasteiger partial charge on any atom is -0.393 e. The second kappa shape index (κ2) is 5.06. The van der Waals surface area contributed by atoms with Crippen molar-refractivity contribution in [2.75, 3.05) is 0 Å². The molecule has 0 bridgehead atoms. The molecular formula is C20H32O3. The fourth-order valence-corrected chi connectivity index (χ4v) is 7.03. The Hall–Kier alpha value is -0.380. The zero-order valence-electron chi connectivity index (χ0n) is 14.7. The zero-order valence-corrected chi connectivity index (χ0v) is 14.7. The molecule has 3 heteroatoms. The average molecular weight is 320 g/mol. The monoisotopic (exact) mass is 320 g/mol. The quantitative estimate of drug-likeness (QED) is 0.602. The van der Waals surface area contributed by atoms with Gasteiger partial charge in [0.25, 0.3) is 0 Å². The summed E-state index contributed by atoms with van der Waals surface area (Å²) in [5.41, 5.74) is 1.07. The Morgan fingerprint density at radius 3 is 2.35 bits per heavy atom. The van der Waals surface area contributed by atoms with Crippen LogP contribution in [0.4, 0.5) is 0 Å². The molecule has 4 rings (SSSR count). The molecule has 0 aliphatic heterocycles. The first kappa shape index (κ1) is 16.1. The van der Waals surface area contributed by atoms with Crippen molar-refractivity contribution in [2.24, 2.45) is 34.5 Å². The summed E-state index contributed by atoms with van der Waals surface area (Å²) in [6.07, 6.45) is 6.97. The Morgan fingerprint density at radius 2 is 1.61 bits per heavy atom. The van der Waals surface area contributed by atoms with Gasteiger partial charge in [0.2, 0.25) is 0 Å². The van der Waals surface area contributed by atoms with Crippen molar-refractivity contribution in [1.29, 1.82) is 0 Å². The first-order valence-electron chi connectivity index (χ1n) is 9.56. The van der Waals surface area contributed by atoms with Crippen LogP contribution in [0.1, 0.15) is 59.3 Å². The van der Waals surface area contributed by atoms with Crippen LogP contribution in [0, 0.1) is 34.5 Å². The first-order chi connectivity index (χ1) is 10.8. The van der Waals surface area contributed by atoms with E-state index in [0.717, 1.165) is 38.5 Å². The second-order valence-corrected chi connectivity index (χ2v) is 9.32. The molecular weight excluding hydrogens is 288 g/mol. The zero-order chi connectivity index (χ0) is 16.6. The van der Waals surface area contributed by atoms with Gasteiger partial charge in [0.05, 0.1) is 18.3 Å². The molecule has 23 heavy (non-hydrogen) atoms. The van der Waals surface area contributed by atoms with Gasteiger partial charge >= 0.3 is 0 Å². The van der Waals surface area contributed by atoms with Gasteiger partial charge in [-0.3, -0.25) is 0 Å². The van der Waals surface area contributed by atoms with E-state index in [1.807, 2.05) is 0 Å². The molecule has 0 heterocycles. The van der Waals surface area contributed by atoms with Gasteiger partial charge in [-0.2, -0.15) is 0 Å². The van der Waals surface area contributed by atoms with Crippen molar-refractivity contribution in [1.82, 2.24) is 0 Å². The Kier molecular flexibility index (Phi) is 3.54. The number of rotatable bonds is 0. The van der Waals surface area contributed by atoms with Crippen molar-refractivity contribution in [3.63, 3.8) is 0 Å². The summed E-state index contributed by atoms with van der Waals surface area (Å²) < 4.78 is 0. The molecule has 4 unspecified atom stereocenters. The molecule has 3 saturated carbocycles. The highest BCUT2D eigenvalue weighted by molar-refractivity contribution is 5.30. The average Bonchev–Trinajstić information content (AvgIpc) is 2.81. The molecule has 0 aromatic rings. The van der Waals surface area contributed by atoms with Crippen LogP contribution in [-0.4, -0.2) is 33.6 Å². The summed E-state index contributed by atoms with van der Waals surface area (Å²) in [5, 5.41) is 32.4. The molecule has 0 amide bonds. The lowest BCUT2D eigenvalue weighted by atomic mass is 9.46. The number of aliphatic hydroxyl groups excluding tert-OH is 3. The van der Waals surface area contributed by atoms with Gasteiger partial charge in [0, 0.05) is 5.41 Å². The van der Waals surface area contributed by atoms with E-state index >= 15 is 0 Å². The lowest BCUT2D eigenvalue weighted by Crippen LogP contribution is -2.58. The number of hydrogen-bond acceptors (Lipinski definition) is 3. The number of aliphatic hydroxyl groups is 3. The number of fused-ring (bicyclic) bond motifs is 5. The van der Waals surface area contributed by atoms with E-state index in [1.54, 1.807) is 0 Å². The maximum absolute atomic E-state index is 11.0. The van der Waals surface area contributed by atoms with E-state index in [0.29, 0.717) is 17.8 Å². The van der Waals surface area contributed by atoms with E-state index in [9.17, 15) is 15.3 Å². The van der Waals surface area contributed by atoms with E-state index in [-0.39, 0.29) is 29.0 Å². The van der Waals surface area contributed by atoms with Gasteiger partial charge in [-0.05, 0) is 67.6 Å². The molecule has 4 aliphatic rings.